The standard InChI is InChI=1S/C8H9FN4O3/c9-6-3-5(14)1-2-7(6)11-8(12-10)4-13(15)16/h1-3,14H,4,10H2,(H,11,12). The van der Waals surface area contributed by atoms with Crippen molar-refractivity contribution in [1.82, 2.24) is 5.43 Å². The Bertz CT molecular complexity index is 435. The molecule has 0 spiro atoms. The lowest BCUT2D eigenvalue weighted by Gasteiger charge is -2.02. The molecule has 4 N–H and O–H groups in total. The Morgan fingerprint density at radius 1 is 1.69 bits per heavy atom. The number of hydrogen-bond acceptors (Lipinski definition) is 5. The van der Waals surface area contributed by atoms with Gasteiger partial charge in [-0.25, -0.2) is 15.2 Å². The Kier molecular flexibility index (Phi) is 3.72. The summed E-state index contributed by atoms with van der Waals surface area (Å²) in [5, 5.41) is 19.1. The van der Waals surface area contributed by atoms with Gasteiger partial charge in [0.25, 0.3) is 6.54 Å². The molecule has 0 saturated heterocycles. The van der Waals surface area contributed by atoms with Crippen LogP contribution in [-0.4, -0.2) is 22.4 Å². The van der Waals surface area contributed by atoms with E-state index < -0.39 is 17.3 Å². The van der Waals surface area contributed by atoms with E-state index >= 15 is 0 Å². The van der Waals surface area contributed by atoms with E-state index in [1.165, 1.54) is 12.1 Å². The van der Waals surface area contributed by atoms with Crippen molar-refractivity contribution in [3.63, 3.8) is 0 Å². The topological polar surface area (TPSA) is 114 Å². The second kappa shape index (κ2) is 5.03. The highest BCUT2D eigenvalue weighted by atomic mass is 19.1. The van der Waals surface area contributed by atoms with Crippen LogP contribution in [0.3, 0.4) is 0 Å². The summed E-state index contributed by atoms with van der Waals surface area (Å²) in [7, 11) is 0. The van der Waals surface area contributed by atoms with Gasteiger partial charge in [0.2, 0.25) is 0 Å². The van der Waals surface area contributed by atoms with Crippen molar-refractivity contribution in [2.75, 3.05) is 6.54 Å². The molecule has 8 heteroatoms. The van der Waals surface area contributed by atoms with Crippen LogP contribution in [0.15, 0.2) is 23.2 Å². The van der Waals surface area contributed by atoms with Crippen LogP contribution in [0.2, 0.25) is 0 Å². The minimum atomic E-state index is -0.795. The molecule has 86 valence electrons. The van der Waals surface area contributed by atoms with Crippen molar-refractivity contribution in [3.05, 3.63) is 34.1 Å². The zero-order chi connectivity index (χ0) is 12.1. The molecule has 0 bridgehead atoms. The molecule has 0 aliphatic carbocycles. The van der Waals surface area contributed by atoms with Crippen molar-refractivity contribution in [2.45, 2.75) is 0 Å². The second-order valence-electron chi connectivity index (χ2n) is 2.83. The molecule has 0 heterocycles. The lowest BCUT2D eigenvalue weighted by Crippen LogP contribution is -2.35. The number of phenols is 1. The van der Waals surface area contributed by atoms with E-state index in [9.17, 15) is 14.5 Å². The van der Waals surface area contributed by atoms with Crippen molar-refractivity contribution in [3.8, 4) is 5.75 Å². The van der Waals surface area contributed by atoms with Crippen LogP contribution < -0.4 is 11.3 Å². The summed E-state index contributed by atoms with van der Waals surface area (Å²) in [5.74, 6) is 3.75. The number of halogens is 1. The molecule has 0 unspecified atom stereocenters. The van der Waals surface area contributed by atoms with Crippen LogP contribution in [0.25, 0.3) is 0 Å². The van der Waals surface area contributed by atoms with Gasteiger partial charge in [0.1, 0.15) is 11.4 Å². The Balaban J connectivity index is 2.99. The van der Waals surface area contributed by atoms with Gasteiger partial charge in [0.05, 0.1) is 0 Å². The molecule has 1 rings (SSSR count). The fourth-order valence-corrected chi connectivity index (χ4v) is 0.967. The highest BCUT2D eigenvalue weighted by Gasteiger charge is 2.08. The van der Waals surface area contributed by atoms with E-state index in [2.05, 4.69) is 4.99 Å². The van der Waals surface area contributed by atoms with Crippen LogP contribution in [0.1, 0.15) is 0 Å². The maximum Gasteiger partial charge on any atom is 0.261 e. The van der Waals surface area contributed by atoms with Gasteiger partial charge in [-0.05, 0) is 12.1 Å². The third-order valence-electron chi connectivity index (χ3n) is 1.63. The third kappa shape index (κ3) is 3.17. The Labute approximate surface area is 89.5 Å². The zero-order valence-corrected chi connectivity index (χ0v) is 8.05. The van der Waals surface area contributed by atoms with Gasteiger partial charge >= 0.3 is 0 Å². The van der Waals surface area contributed by atoms with Gasteiger partial charge in [-0.2, -0.15) is 0 Å². The first-order valence-corrected chi connectivity index (χ1v) is 4.17. The third-order valence-corrected chi connectivity index (χ3v) is 1.63. The molecule has 0 aromatic heterocycles. The number of amidine groups is 1. The van der Waals surface area contributed by atoms with Crippen LogP contribution in [-0.2, 0) is 0 Å². The zero-order valence-electron chi connectivity index (χ0n) is 8.05. The SMILES string of the molecule is NNC(C[N+](=O)[O-])=Nc1ccc(O)cc1F. The number of nitrogens with zero attached hydrogens (tertiary/aromatic N) is 2. The molecular weight excluding hydrogens is 219 g/mol. The van der Waals surface area contributed by atoms with E-state index in [-0.39, 0.29) is 17.3 Å². The van der Waals surface area contributed by atoms with E-state index in [0.29, 0.717) is 0 Å². The van der Waals surface area contributed by atoms with E-state index in [1.807, 2.05) is 5.43 Å². The highest BCUT2D eigenvalue weighted by molar-refractivity contribution is 5.85. The van der Waals surface area contributed by atoms with Gasteiger partial charge in [-0.1, -0.05) is 0 Å². The normalized spacial score (nSPS) is 11.2. The summed E-state index contributed by atoms with van der Waals surface area (Å²) in [5.41, 5.74) is 1.86. The molecule has 0 aliphatic heterocycles. The van der Waals surface area contributed by atoms with Crippen molar-refractivity contribution in [2.24, 2.45) is 10.8 Å². The van der Waals surface area contributed by atoms with Crippen LogP contribution in [0, 0.1) is 15.9 Å². The number of nitrogens with two attached hydrogens (primary N) is 1. The average molecular weight is 228 g/mol. The van der Waals surface area contributed by atoms with Crippen molar-refractivity contribution >= 4 is 11.5 Å². The Morgan fingerprint density at radius 3 is 2.88 bits per heavy atom. The molecule has 1 aromatic rings. The van der Waals surface area contributed by atoms with Gasteiger partial charge in [-0.15, -0.1) is 0 Å². The number of nitrogens with one attached hydrogen (secondary N) is 1. The van der Waals surface area contributed by atoms with Gasteiger partial charge < -0.3 is 10.5 Å². The second-order valence-corrected chi connectivity index (χ2v) is 2.83. The molecule has 1 aromatic carbocycles. The summed E-state index contributed by atoms with van der Waals surface area (Å²) in [4.78, 5) is 13.1. The van der Waals surface area contributed by atoms with E-state index in [0.717, 1.165) is 6.07 Å². The van der Waals surface area contributed by atoms with Crippen molar-refractivity contribution < 1.29 is 14.4 Å². The largest absolute Gasteiger partial charge is 0.508 e. The smallest absolute Gasteiger partial charge is 0.261 e. The predicted molar refractivity (Wildman–Crippen MR) is 54.3 cm³/mol. The average Bonchev–Trinajstić information content (AvgIpc) is 2.20. The summed E-state index contributed by atoms with van der Waals surface area (Å²) in [6, 6.07) is 3.24. The molecular formula is C8H9FN4O3. The molecule has 0 atom stereocenters. The molecule has 0 saturated carbocycles. The number of benzene rings is 1. The van der Waals surface area contributed by atoms with Crippen LogP contribution >= 0.6 is 0 Å². The van der Waals surface area contributed by atoms with Crippen LogP contribution in [0.4, 0.5) is 10.1 Å². The van der Waals surface area contributed by atoms with Gasteiger partial charge in [-0.3, -0.25) is 10.1 Å². The lowest BCUT2D eigenvalue weighted by molar-refractivity contribution is -0.463. The number of hydrogen-bond donors (Lipinski definition) is 3. The molecule has 16 heavy (non-hydrogen) atoms. The number of aliphatic imine (C=N–C) groups is 1. The van der Waals surface area contributed by atoms with Gasteiger partial charge in [0, 0.05) is 11.0 Å². The van der Waals surface area contributed by atoms with Crippen molar-refractivity contribution in [1.29, 1.82) is 0 Å². The molecule has 0 radical (unpaired) electrons. The fourth-order valence-electron chi connectivity index (χ4n) is 0.967. The Morgan fingerprint density at radius 2 is 2.38 bits per heavy atom. The molecule has 0 fully saturated rings. The first-order chi connectivity index (χ1) is 7.52. The summed E-state index contributed by atoms with van der Waals surface area (Å²) >= 11 is 0. The fraction of sp³-hybridized carbons (Fsp3) is 0.125. The highest BCUT2D eigenvalue weighted by Crippen LogP contribution is 2.21. The summed E-state index contributed by atoms with van der Waals surface area (Å²) in [6.07, 6.45) is 0. The first kappa shape index (κ1) is 11.9. The Hall–Kier alpha value is -2.22. The maximum absolute atomic E-state index is 13.2. The molecule has 0 amide bonds. The minimum Gasteiger partial charge on any atom is -0.508 e. The predicted octanol–water partition coefficient (Wildman–Crippen LogP) is 0.301. The van der Waals surface area contributed by atoms with E-state index in [1.54, 1.807) is 0 Å². The number of hydrazine groups is 1. The van der Waals surface area contributed by atoms with E-state index in [4.69, 9.17) is 10.9 Å². The minimum absolute atomic E-state index is 0.146. The number of nitro groups is 1. The number of rotatable bonds is 3. The maximum atomic E-state index is 13.2. The first-order valence-electron chi connectivity index (χ1n) is 4.17. The number of phenolic OH excluding ortho intramolecular Hbond substituents is 1. The van der Waals surface area contributed by atoms with Gasteiger partial charge in [0.15, 0.2) is 11.7 Å². The quantitative estimate of drug-likeness (QED) is 0.226. The number of aromatic hydroxyl groups is 1. The van der Waals surface area contributed by atoms with Crippen LogP contribution in [0.5, 0.6) is 5.75 Å². The molecule has 0 aliphatic rings. The monoisotopic (exact) mass is 228 g/mol. The summed E-state index contributed by atoms with van der Waals surface area (Å²) < 4.78 is 13.2. The lowest BCUT2D eigenvalue weighted by atomic mass is 10.3. The molecule has 7 nitrogen and oxygen atoms in total. The summed E-state index contributed by atoms with van der Waals surface area (Å²) in [6.45, 7) is -0.642.